The van der Waals surface area contributed by atoms with E-state index < -0.39 is 10.8 Å². The van der Waals surface area contributed by atoms with Gasteiger partial charge in [-0.25, -0.2) is 0 Å². The van der Waals surface area contributed by atoms with Crippen molar-refractivity contribution >= 4 is 28.2 Å². The number of nitrogens with one attached hydrogen (secondary N) is 2. The first-order valence-corrected chi connectivity index (χ1v) is 5.99. The topological polar surface area (TPSA) is 114 Å². The molecule has 0 spiro atoms. The van der Waals surface area contributed by atoms with Crippen molar-refractivity contribution in [3.63, 3.8) is 0 Å². The van der Waals surface area contributed by atoms with Crippen LogP contribution in [0.3, 0.4) is 0 Å². The molecule has 3 rings (SSSR count). The molecule has 0 aliphatic heterocycles. The van der Waals surface area contributed by atoms with Crippen molar-refractivity contribution in [3.05, 3.63) is 58.5 Å². The second kappa shape index (κ2) is 5.00. The van der Waals surface area contributed by atoms with Gasteiger partial charge in [-0.15, -0.1) is 0 Å². The molecule has 1 aromatic carbocycles. The van der Waals surface area contributed by atoms with Crippen LogP contribution in [-0.4, -0.2) is 26.0 Å². The molecule has 0 atom stereocenters. The van der Waals surface area contributed by atoms with E-state index in [-0.39, 0.29) is 11.4 Å². The Bertz CT molecular complexity index is 828. The van der Waals surface area contributed by atoms with Gasteiger partial charge in [0.05, 0.1) is 10.4 Å². The van der Waals surface area contributed by atoms with Crippen molar-refractivity contribution in [1.29, 1.82) is 0 Å². The van der Waals surface area contributed by atoms with E-state index in [1.807, 2.05) is 0 Å². The molecule has 2 aromatic heterocycles. The molecule has 0 aliphatic rings. The van der Waals surface area contributed by atoms with Gasteiger partial charge in [0.25, 0.3) is 11.6 Å². The molecular weight excluding hydrogens is 274 g/mol. The summed E-state index contributed by atoms with van der Waals surface area (Å²) in [6.07, 6.45) is 3.09. The number of pyridine rings is 1. The highest BCUT2D eigenvalue weighted by atomic mass is 16.6. The molecule has 8 heteroatoms. The van der Waals surface area contributed by atoms with Crippen LogP contribution in [0, 0.1) is 10.1 Å². The van der Waals surface area contributed by atoms with E-state index in [9.17, 15) is 14.9 Å². The molecule has 0 fully saturated rings. The Balaban J connectivity index is 1.98. The van der Waals surface area contributed by atoms with E-state index in [4.69, 9.17) is 0 Å². The van der Waals surface area contributed by atoms with E-state index >= 15 is 0 Å². The highest BCUT2D eigenvalue weighted by molar-refractivity contribution is 6.11. The average molecular weight is 283 g/mol. The average Bonchev–Trinajstić information content (AvgIpc) is 2.91. The van der Waals surface area contributed by atoms with Gasteiger partial charge in [0, 0.05) is 35.6 Å². The van der Waals surface area contributed by atoms with Gasteiger partial charge in [-0.05, 0) is 18.2 Å². The normalized spacial score (nSPS) is 10.5. The summed E-state index contributed by atoms with van der Waals surface area (Å²) in [5.74, 6) is -0.451. The van der Waals surface area contributed by atoms with E-state index in [1.54, 1.807) is 24.5 Å². The molecule has 8 nitrogen and oxygen atoms in total. The molecular formula is C13H9N5O3. The zero-order chi connectivity index (χ0) is 14.8. The molecule has 0 saturated carbocycles. The zero-order valence-corrected chi connectivity index (χ0v) is 10.6. The third-order valence-electron chi connectivity index (χ3n) is 2.91. The molecule has 3 aromatic rings. The summed E-state index contributed by atoms with van der Waals surface area (Å²) in [4.78, 5) is 26.3. The summed E-state index contributed by atoms with van der Waals surface area (Å²) >= 11 is 0. The molecule has 2 N–H and O–H groups in total. The van der Waals surface area contributed by atoms with Gasteiger partial charge in [0.1, 0.15) is 0 Å². The maximum Gasteiger partial charge on any atom is 0.276 e. The lowest BCUT2D eigenvalue weighted by Gasteiger charge is -2.02. The molecule has 1 amide bonds. The Hall–Kier alpha value is -3.29. The molecule has 0 bridgehead atoms. The lowest BCUT2D eigenvalue weighted by molar-refractivity contribution is -0.384. The van der Waals surface area contributed by atoms with E-state index in [0.29, 0.717) is 16.6 Å². The minimum Gasteiger partial charge on any atom is -0.320 e. The lowest BCUT2D eigenvalue weighted by Crippen LogP contribution is -2.12. The number of nitrogens with zero attached hydrogens (tertiary/aromatic N) is 3. The number of carbonyl (C=O) groups excluding carboxylic acids is 1. The predicted octanol–water partition coefficient (Wildman–Crippen LogP) is 2.12. The summed E-state index contributed by atoms with van der Waals surface area (Å²) in [5, 5.41) is 20.5. The molecule has 0 radical (unpaired) electrons. The Kier molecular flexibility index (Phi) is 3.03. The van der Waals surface area contributed by atoms with Gasteiger partial charge < -0.3 is 5.32 Å². The van der Waals surface area contributed by atoms with Crippen LogP contribution in [0.5, 0.6) is 0 Å². The number of non-ortho nitro benzene ring substituents is 1. The number of H-pyrrole nitrogens is 1. The van der Waals surface area contributed by atoms with Gasteiger partial charge >= 0.3 is 0 Å². The molecule has 0 saturated heterocycles. The van der Waals surface area contributed by atoms with Crippen LogP contribution < -0.4 is 5.32 Å². The number of aromatic amines is 1. The fourth-order valence-corrected chi connectivity index (χ4v) is 1.91. The van der Waals surface area contributed by atoms with Crippen LogP contribution in [0.25, 0.3) is 10.9 Å². The van der Waals surface area contributed by atoms with Gasteiger partial charge in [0.15, 0.2) is 5.69 Å². The number of rotatable bonds is 3. The molecule has 104 valence electrons. The number of amides is 1. The van der Waals surface area contributed by atoms with E-state index in [0.717, 1.165) is 0 Å². The van der Waals surface area contributed by atoms with Crippen LogP contribution in [0.2, 0.25) is 0 Å². The highest BCUT2D eigenvalue weighted by Crippen LogP contribution is 2.22. The number of aromatic nitrogens is 3. The summed E-state index contributed by atoms with van der Waals surface area (Å²) in [7, 11) is 0. The fourth-order valence-electron chi connectivity index (χ4n) is 1.91. The fraction of sp³-hybridized carbons (Fsp3) is 0. The maximum absolute atomic E-state index is 12.2. The smallest absolute Gasteiger partial charge is 0.276 e. The van der Waals surface area contributed by atoms with Crippen molar-refractivity contribution in [2.75, 3.05) is 5.32 Å². The molecule has 21 heavy (non-hydrogen) atoms. The zero-order valence-electron chi connectivity index (χ0n) is 10.6. The number of nitro groups is 1. The van der Waals surface area contributed by atoms with Crippen molar-refractivity contribution in [3.8, 4) is 0 Å². The van der Waals surface area contributed by atoms with Crippen LogP contribution in [0.1, 0.15) is 10.5 Å². The summed E-state index contributed by atoms with van der Waals surface area (Å²) in [5.41, 5.74) is 1.13. The number of hydrogen-bond acceptors (Lipinski definition) is 5. The summed E-state index contributed by atoms with van der Waals surface area (Å²) < 4.78 is 0. The first-order valence-electron chi connectivity index (χ1n) is 5.99. The number of anilines is 1. The first kappa shape index (κ1) is 12.7. The Morgan fingerprint density at radius 3 is 2.71 bits per heavy atom. The van der Waals surface area contributed by atoms with Crippen molar-refractivity contribution in [2.24, 2.45) is 0 Å². The number of nitro benzene ring substituents is 1. The largest absolute Gasteiger partial charge is 0.320 e. The highest BCUT2D eigenvalue weighted by Gasteiger charge is 2.17. The second-order valence-corrected chi connectivity index (χ2v) is 4.25. The van der Waals surface area contributed by atoms with Gasteiger partial charge in [-0.3, -0.25) is 25.0 Å². The third-order valence-corrected chi connectivity index (χ3v) is 2.91. The Morgan fingerprint density at radius 1 is 1.24 bits per heavy atom. The number of benzene rings is 1. The SMILES string of the molecule is O=C(Nc1ccncc1)c1n[nH]c2ccc([N+](=O)[O-])cc12. The maximum atomic E-state index is 12.2. The van der Waals surface area contributed by atoms with Crippen molar-refractivity contribution < 1.29 is 9.72 Å². The Morgan fingerprint density at radius 2 is 2.00 bits per heavy atom. The van der Waals surface area contributed by atoms with E-state index in [1.165, 1.54) is 18.2 Å². The minimum atomic E-state index is -0.517. The molecule has 0 aliphatic carbocycles. The minimum absolute atomic E-state index is 0.0955. The third kappa shape index (κ3) is 2.41. The first-order chi connectivity index (χ1) is 10.1. The van der Waals surface area contributed by atoms with Crippen LogP contribution >= 0.6 is 0 Å². The number of fused-ring (bicyclic) bond motifs is 1. The van der Waals surface area contributed by atoms with E-state index in [2.05, 4.69) is 20.5 Å². The number of carbonyl (C=O) groups is 1. The lowest BCUT2D eigenvalue weighted by atomic mass is 10.2. The van der Waals surface area contributed by atoms with Crippen LogP contribution in [0.15, 0.2) is 42.7 Å². The van der Waals surface area contributed by atoms with Crippen molar-refractivity contribution in [1.82, 2.24) is 15.2 Å². The predicted molar refractivity (Wildman–Crippen MR) is 74.9 cm³/mol. The van der Waals surface area contributed by atoms with Gasteiger partial charge in [0.2, 0.25) is 0 Å². The van der Waals surface area contributed by atoms with Crippen LogP contribution in [0.4, 0.5) is 11.4 Å². The van der Waals surface area contributed by atoms with Gasteiger partial charge in [-0.2, -0.15) is 5.10 Å². The van der Waals surface area contributed by atoms with Gasteiger partial charge in [-0.1, -0.05) is 0 Å². The monoisotopic (exact) mass is 283 g/mol. The number of hydrogen-bond donors (Lipinski definition) is 2. The summed E-state index contributed by atoms with van der Waals surface area (Å²) in [6.45, 7) is 0. The summed E-state index contributed by atoms with van der Waals surface area (Å²) in [6, 6.07) is 7.46. The van der Waals surface area contributed by atoms with Crippen molar-refractivity contribution in [2.45, 2.75) is 0 Å². The quantitative estimate of drug-likeness (QED) is 0.564. The second-order valence-electron chi connectivity index (χ2n) is 4.25. The molecule has 2 heterocycles. The van der Waals surface area contributed by atoms with Crippen LogP contribution in [-0.2, 0) is 0 Å². The molecule has 0 unspecified atom stereocenters. The standard InChI is InChI=1S/C13H9N5O3/c19-13(15-8-3-5-14-6-4-8)12-10-7-9(18(20)21)1-2-11(10)16-17-12/h1-7H,(H,16,17)(H,14,15,19). The Labute approximate surface area is 118 Å².